The molecule has 1 atom stereocenters. The van der Waals surface area contributed by atoms with Crippen LogP contribution in [0.3, 0.4) is 0 Å². The van der Waals surface area contributed by atoms with Crippen LogP contribution in [0.1, 0.15) is 50.8 Å². The first-order valence-electron chi connectivity index (χ1n) is 6.87. The lowest BCUT2D eigenvalue weighted by atomic mass is 9.90. The summed E-state index contributed by atoms with van der Waals surface area (Å²) in [6, 6.07) is 5.85. The standard InChI is InChI=1S/C16H23NO2/c1-11-6-5-7-12-13(18)8-9-17(15(11)12)14(19)10-16(2,3)4/h5-7,13,18H,8-10H2,1-4H3. The van der Waals surface area contributed by atoms with Crippen LogP contribution >= 0.6 is 0 Å². The maximum Gasteiger partial charge on any atom is 0.227 e. The summed E-state index contributed by atoms with van der Waals surface area (Å²) in [7, 11) is 0. The Morgan fingerprint density at radius 3 is 2.74 bits per heavy atom. The van der Waals surface area contributed by atoms with Crippen LogP contribution < -0.4 is 4.90 Å². The highest BCUT2D eigenvalue weighted by Crippen LogP contribution is 2.37. The van der Waals surface area contributed by atoms with Crippen LogP contribution in [0.15, 0.2) is 18.2 Å². The number of hydrogen-bond acceptors (Lipinski definition) is 2. The molecule has 0 fully saturated rings. The van der Waals surface area contributed by atoms with Crippen LogP contribution in [0.5, 0.6) is 0 Å². The third-order valence-electron chi connectivity index (χ3n) is 3.51. The third kappa shape index (κ3) is 2.98. The van der Waals surface area contributed by atoms with Crippen LogP contribution in [0.4, 0.5) is 5.69 Å². The number of anilines is 1. The van der Waals surface area contributed by atoms with E-state index in [1.54, 1.807) is 0 Å². The summed E-state index contributed by atoms with van der Waals surface area (Å²) in [6.45, 7) is 8.82. The Kier molecular flexibility index (Phi) is 3.68. The smallest absolute Gasteiger partial charge is 0.227 e. The van der Waals surface area contributed by atoms with Crippen molar-refractivity contribution in [3.63, 3.8) is 0 Å². The van der Waals surface area contributed by atoms with Crippen molar-refractivity contribution in [3.8, 4) is 0 Å². The monoisotopic (exact) mass is 261 g/mol. The zero-order valence-electron chi connectivity index (χ0n) is 12.2. The van der Waals surface area contributed by atoms with Crippen LogP contribution in [-0.2, 0) is 4.79 Å². The number of aryl methyl sites for hydroxylation is 1. The van der Waals surface area contributed by atoms with Gasteiger partial charge in [-0.3, -0.25) is 4.79 Å². The zero-order chi connectivity index (χ0) is 14.2. The fourth-order valence-corrected chi connectivity index (χ4v) is 2.64. The van der Waals surface area contributed by atoms with Crippen LogP contribution in [0.25, 0.3) is 0 Å². The fraction of sp³-hybridized carbons (Fsp3) is 0.562. The van der Waals surface area contributed by atoms with Crippen LogP contribution in [0, 0.1) is 12.3 Å². The fourth-order valence-electron chi connectivity index (χ4n) is 2.64. The number of aliphatic hydroxyl groups excluding tert-OH is 1. The Morgan fingerprint density at radius 2 is 2.11 bits per heavy atom. The second-order valence-corrected chi connectivity index (χ2v) is 6.60. The molecule has 0 spiro atoms. The molecule has 0 aromatic heterocycles. The Hall–Kier alpha value is -1.35. The second kappa shape index (κ2) is 4.97. The Labute approximate surface area is 115 Å². The van der Waals surface area contributed by atoms with Crippen molar-refractivity contribution in [2.24, 2.45) is 5.41 Å². The predicted octanol–water partition coefficient (Wildman–Crippen LogP) is 3.20. The second-order valence-electron chi connectivity index (χ2n) is 6.60. The van der Waals surface area contributed by atoms with Crippen molar-refractivity contribution in [1.29, 1.82) is 0 Å². The number of nitrogens with zero attached hydrogens (tertiary/aromatic N) is 1. The number of carbonyl (C=O) groups is 1. The Morgan fingerprint density at radius 1 is 1.42 bits per heavy atom. The molecule has 1 aliphatic heterocycles. The highest BCUT2D eigenvalue weighted by atomic mass is 16.3. The largest absolute Gasteiger partial charge is 0.388 e. The molecule has 1 aromatic carbocycles. The van der Waals surface area contributed by atoms with Gasteiger partial charge in [-0.1, -0.05) is 39.0 Å². The molecule has 3 heteroatoms. The summed E-state index contributed by atoms with van der Waals surface area (Å²) >= 11 is 0. The molecule has 2 rings (SSSR count). The van der Waals surface area contributed by atoms with Crippen molar-refractivity contribution in [2.45, 2.75) is 46.6 Å². The van der Waals surface area contributed by atoms with E-state index >= 15 is 0 Å². The number of benzene rings is 1. The minimum Gasteiger partial charge on any atom is -0.388 e. The topological polar surface area (TPSA) is 40.5 Å². The van der Waals surface area contributed by atoms with Gasteiger partial charge in [0.1, 0.15) is 0 Å². The third-order valence-corrected chi connectivity index (χ3v) is 3.51. The number of para-hydroxylation sites is 1. The molecule has 3 nitrogen and oxygen atoms in total. The predicted molar refractivity (Wildman–Crippen MR) is 77.2 cm³/mol. The van der Waals surface area contributed by atoms with Gasteiger partial charge in [0, 0.05) is 18.5 Å². The molecule has 0 aliphatic carbocycles. The lowest BCUT2D eigenvalue weighted by Crippen LogP contribution is -2.39. The number of hydrogen-bond donors (Lipinski definition) is 1. The van der Waals surface area contributed by atoms with Gasteiger partial charge in [-0.05, 0) is 24.3 Å². The van der Waals surface area contributed by atoms with E-state index in [2.05, 4.69) is 20.8 Å². The van der Waals surface area contributed by atoms with E-state index in [1.807, 2.05) is 30.0 Å². The SMILES string of the molecule is Cc1cccc2c1N(C(=O)CC(C)(C)C)CCC2O. The van der Waals surface area contributed by atoms with Gasteiger partial charge in [-0.15, -0.1) is 0 Å². The molecule has 0 saturated heterocycles. The van der Waals surface area contributed by atoms with Gasteiger partial charge in [-0.25, -0.2) is 0 Å². The number of amides is 1. The first kappa shape index (κ1) is 14.1. The quantitative estimate of drug-likeness (QED) is 0.843. The van der Waals surface area contributed by atoms with E-state index in [0.717, 1.165) is 16.8 Å². The summed E-state index contributed by atoms with van der Waals surface area (Å²) < 4.78 is 0. The van der Waals surface area contributed by atoms with Crippen molar-refractivity contribution in [3.05, 3.63) is 29.3 Å². The van der Waals surface area contributed by atoms with Gasteiger partial charge in [0.2, 0.25) is 5.91 Å². The van der Waals surface area contributed by atoms with Gasteiger partial charge < -0.3 is 10.0 Å². The normalized spacial score (nSPS) is 19.2. The van der Waals surface area contributed by atoms with Gasteiger partial charge in [0.05, 0.1) is 11.8 Å². The lowest BCUT2D eigenvalue weighted by Gasteiger charge is -2.35. The first-order chi connectivity index (χ1) is 8.79. The maximum absolute atomic E-state index is 12.5. The van der Waals surface area contributed by atoms with Gasteiger partial charge in [0.15, 0.2) is 0 Å². The summed E-state index contributed by atoms with van der Waals surface area (Å²) in [5.41, 5.74) is 2.83. The van der Waals surface area contributed by atoms with Crippen molar-refractivity contribution >= 4 is 11.6 Å². The van der Waals surface area contributed by atoms with Crippen LogP contribution in [0.2, 0.25) is 0 Å². The minimum atomic E-state index is -0.450. The molecule has 1 amide bonds. The Bertz CT molecular complexity index is 488. The van der Waals surface area contributed by atoms with Gasteiger partial charge in [-0.2, -0.15) is 0 Å². The zero-order valence-corrected chi connectivity index (χ0v) is 12.2. The maximum atomic E-state index is 12.5. The molecule has 19 heavy (non-hydrogen) atoms. The summed E-state index contributed by atoms with van der Waals surface area (Å²) in [6.07, 6.45) is 0.692. The van der Waals surface area contributed by atoms with Crippen molar-refractivity contribution in [2.75, 3.05) is 11.4 Å². The molecule has 0 saturated carbocycles. The number of aliphatic hydroxyl groups is 1. The summed E-state index contributed by atoms with van der Waals surface area (Å²) in [5.74, 6) is 0.148. The molecule has 1 aromatic rings. The summed E-state index contributed by atoms with van der Waals surface area (Å²) in [5, 5.41) is 10.1. The van der Waals surface area contributed by atoms with Gasteiger partial charge in [0.25, 0.3) is 0 Å². The number of fused-ring (bicyclic) bond motifs is 1. The van der Waals surface area contributed by atoms with E-state index < -0.39 is 6.10 Å². The average molecular weight is 261 g/mol. The van der Waals surface area contributed by atoms with E-state index in [-0.39, 0.29) is 11.3 Å². The molecule has 0 bridgehead atoms. The Balaban J connectivity index is 2.36. The lowest BCUT2D eigenvalue weighted by molar-refractivity contribution is -0.120. The minimum absolute atomic E-state index is 0.0179. The molecule has 0 radical (unpaired) electrons. The molecular formula is C16H23NO2. The van der Waals surface area contributed by atoms with Crippen molar-refractivity contribution in [1.82, 2.24) is 0 Å². The van der Waals surface area contributed by atoms with Gasteiger partial charge >= 0.3 is 0 Å². The summed E-state index contributed by atoms with van der Waals surface area (Å²) in [4.78, 5) is 14.3. The van der Waals surface area contributed by atoms with Crippen molar-refractivity contribution < 1.29 is 9.90 Å². The highest BCUT2D eigenvalue weighted by molar-refractivity contribution is 5.95. The van der Waals surface area contributed by atoms with E-state index in [0.29, 0.717) is 19.4 Å². The van der Waals surface area contributed by atoms with E-state index in [1.165, 1.54) is 0 Å². The number of rotatable bonds is 1. The molecule has 104 valence electrons. The van der Waals surface area contributed by atoms with Crippen LogP contribution in [-0.4, -0.2) is 17.6 Å². The highest BCUT2D eigenvalue weighted by Gasteiger charge is 2.30. The molecular weight excluding hydrogens is 238 g/mol. The van der Waals surface area contributed by atoms with E-state index in [4.69, 9.17) is 0 Å². The molecule has 1 N–H and O–H groups in total. The molecule has 1 unspecified atom stereocenters. The van der Waals surface area contributed by atoms with E-state index in [9.17, 15) is 9.90 Å². The molecule has 1 aliphatic rings. The molecule has 1 heterocycles. The number of carbonyl (C=O) groups excluding carboxylic acids is 1. The first-order valence-corrected chi connectivity index (χ1v) is 6.87. The average Bonchev–Trinajstić information content (AvgIpc) is 2.28.